The van der Waals surface area contributed by atoms with Crippen LogP contribution in [0.15, 0.2) is 72.8 Å². The fraction of sp³-hybridized carbons (Fsp3) is 0.240. The molecule has 0 bridgehead atoms. The number of ether oxygens (including phenoxy) is 1. The number of hydrogen-bond donors (Lipinski definition) is 0. The van der Waals surface area contributed by atoms with Crippen LogP contribution in [0, 0.1) is 0 Å². The first kappa shape index (κ1) is 18.5. The highest BCUT2D eigenvalue weighted by Crippen LogP contribution is 2.24. The molecule has 0 unspecified atom stereocenters. The Labute approximate surface area is 166 Å². The van der Waals surface area contributed by atoms with Crippen molar-refractivity contribution in [3.8, 4) is 5.75 Å². The first-order valence-electron chi connectivity index (χ1n) is 9.82. The molecule has 0 aliphatic carbocycles. The molecule has 0 spiro atoms. The highest BCUT2D eigenvalue weighted by Gasteiger charge is 2.17. The topological polar surface area (TPSA) is 29.5 Å². The van der Waals surface area contributed by atoms with Gasteiger partial charge in [0, 0.05) is 26.1 Å². The summed E-state index contributed by atoms with van der Waals surface area (Å²) in [5.74, 6) is 0.855. The van der Waals surface area contributed by atoms with Gasteiger partial charge in [-0.15, -0.1) is 0 Å². The lowest BCUT2D eigenvalue weighted by Crippen LogP contribution is -2.15. The maximum absolute atomic E-state index is 10.4. The van der Waals surface area contributed by atoms with Gasteiger partial charge >= 0.3 is 0 Å². The van der Waals surface area contributed by atoms with Crippen LogP contribution >= 0.6 is 0 Å². The Morgan fingerprint density at radius 1 is 0.786 bits per heavy atom. The molecule has 3 aromatic rings. The summed E-state index contributed by atoms with van der Waals surface area (Å²) in [6.07, 6.45) is 2.31. The molecule has 1 aliphatic rings. The van der Waals surface area contributed by atoms with Gasteiger partial charge in [-0.05, 0) is 46.4 Å². The second kappa shape index (κ2) is 8.85. The van der Waals surface area contributed by atoms with E-state index < -0.39 is 0 Å². The third-order valence-corrected chi connectivity index (χ3v) is 5.22. The highest BCUT2D eigenvalue weighted by atomic mass is 16.5. The zero-order valence-corrected chi connectivity index (χ0v) is 16.0. The molecule has 3 aromatic carbocycles. The molecular weight excluding hydrogens is 346 g/mol. The average molecular weight is 371 g/mol. The largest absolute Gasteiger partial charge is 0.489 e. The standard InChI is InChI=1S/C25H25NO2/c27-15-3-4-20-11-13-25(14-12-20)28-19-22-9-7-21(8-10-22)16-26-17-23-5-1-2-6-24(23)18-26/h1-2,5-15H,3-4,16-19H2. The van der Waals surface area contributed by atoms with Crippen LogP contribution in [0.25, 0.3) is 0 Å². The smallest absolute Gasteiger partial charge is 0.120 e. The molecule has 1 heterocycles. The van der Waals surface area contributed by atoms with E-state index in [0.717, 1.165) is 43.7 Å². The van der Waals surface area contributed by atoms with Crippen LogP contribution in [-0.2, 0) is 37.5 Å². The van der Waals surface area contributed by atoms with Crippen LogP contribution in [-0.4, -0.2) is 11.2 Å². The minimum atomic E-state index is 0.559. The van der Waals surface area contributed by atoms with Crippen LogP contribution in [0.1, 0.15) is 34.2 Å². The minimum Gasteiger partial charge on any atom is -0.489 e. The van der Waals surface area contributed by atoms with Crippen molar-refractivity contribution in [1.82, 2.24) is 4.90 Å². The number of benzene rings is 3. The molecular formula is C25H25NO2. The fourth-order valence-corrected chi connectivity index (χ4v) is 3.66. The van der Waals surface area contributed by atoms with Gasteiger partial charge in [-0.3, -0.25) is 4.90 Å². The Kier molecular flexibility index (Phi) is 5.83. The number of rotatable bonds is 8. The number of carbonyl (C=O) groups is 1. The molecule has 4 rings (SSSR count). The molecule has 0 N–H and O–H groups in total. The molecule has 0 saturated heterocycles. The van der Waals surface area contributed by atoms with Crippen molar-refractivity contribution in [3.63, 3.8) is 0 Å². The number of aldehydes is 1. The van der Waals surface area contributed by atoms with Crippen molar-refractivity contribution in [2.45, 2.75) is 39.1 Å². The van der Waals surface area contributed by atoms with Crippen molar-refractivity contribution in [1.29, 1.82) is 0 Å². The summed E-state index contributed by atoms with van der Waals surface area (Å²) in [5, 5.41) is 0. The Hall–Kier alpha value is -2.91. The zero-order chi connectivity index (χ0) is 19.2. The Morgan fingerprint density at radius 3 is 2.04 bits per heavy atom. The predicted octanol–water partition coefficient (Wildman–Crippen LogP) is 4.91. The summed E-state index contributed by atoms with van der Waals surface area (Å²) < 4.78 is 5.89. The summed E-state index contributed by atoms with van der Waals surface area (Å²) in [6.45, 7) is 3.59. The van der Waals surface area contributed by atoms with Gasteiger partial charge in [-0.25, -0.2) is 0 Å². The summed E-state index contributed by atoms with van der Waals surface area (Å²) in [5.41, 5.74) is 6.55. The van der Waals surface area contributed by atoms with Crippen molar-refractivity contribution in [3.05, 3.63) is 101 Å². The predicted molar refractivity (Wildman–Crippen MR) is 111 cm³/mol. The molecule has 0 saturated carbocycles. The molecule has 0 atom stereocenters. The molecule has 3 nitrogen and oxygen atoms in total. The van der Waals surface area contributed by atoms with Crippen LogP contribution in [0.2, 0.25) is 0 Å². The maximum Gasteiger partial charge on any atom is 0.120 e. The number of carbonyl (C=O) groups excluding carboxylic acids is 1. The molecule has 28 heavy (non-hydrogen) atoms. The van der Waals surface area contributed by atoms with Gasteiger partial charge in [-0.1, -0.05) is 60.7 Å². The molecule has 0 aromatic heterocycles. The van der Waals surface area contributed by atoms with Crippen molar-refractivity contribution in [2.24, 2.45) is 0 Å². The second-order valence-corrected chi connectivity index (χ2v) is 7.37. The summed E-state index contributed by atoms with van der Waals surface area (Å²) >= 11 is 0. The summed E-state index contributed by atoms with van der Waals surface area (Å²) in [7, 11) is 0. The lowest BCUT2D eigenvalue weighted by molar-refractivity contribution is -0.107. The van der Waals surface area contributed by atoms with Gasteiger partial charge in [0.05, 0.1) is 0 Å². The van der Waals surface area contributed by atoms with E-state index in [4.69, 9.17) is 4.74 Å². The van der Waals surface area contributed by atoms with E-state index in [9.17, 15) is 4.79 Å². The van der Waals surface area contributed by atoms with E-state index in [2.05, 4.69) is 53.4 Å². The lowest BCUT2D eigenvalue weighted by atomic mass is 10.1. The Bertz CT molecular complexity index is 891. The molecule has 0 amide bonds. The molecule has 0 radical (unpaired) electrons. The number of hydrogen-bond acceptors (Lipinski definition) is 3. The molecule has 142 valence electrons. The lowest BCUT2D eigenvalue weighted by Gasteiger charge is -2.15. The van der Waals surface area contributed by atoms with E-state index in [1.54, 1.807) is 0 Å². The van der Waals surface area contributed by atoms with Crippen molar-refractivity contribution >= 4 is 6.29 Å². The fourth-order valence-electron chi connectivity index (χ4n) is 3.66. The second-order valence-electron chi connectivity index (χ2n) is 7.37. The van der Waals surface area contributed by atoms with Gasteiger partial charge in [0.25, 0.3) is 0 Å². The first-order chi connectivity index (χ1) is 13.8. The monoisotopic (exact) mass is 371 g/mol. The maximum atomic E-state index is 10.4. The Balaban J connectivity index is 1.27. The molecule has 0 fully saturated rings. The quantitative estimate of drug-likeness (QED) is 0.527. The van der Waals surface area contributed by atoms with Crippen LogP contribution in [0.5, 0.6) is 5.75 Å². The van der Waals surface area contributed by atoms with E-state index in [-0.39, 0.29) is 0 Å². The van der Waals surface area contributed by atoms with Crippen molar-refractivity contribution in [2.75, 3.05) is 0 Å². The average Bonchev–Trinajstić information content (AvgIpc) is 3.15. The van der Waals surface area contributed by atoms with E-state index in [0.29, 0.717) is 13.0 Å². The summed E-state index contributed by atoms with van der Waals surface area (Å²) in [4.78, 5) is 12.9. The normalized spacial score (nSPS) is 13.3. The SMILES string of the molecule is O=CCCc1ccc(OCc2ccc(CN3Cc4ccccc4C3)cc2)cc1. The van der Waals surface area contributed by atoms with Gasteiger partial charge in [0.2, 0.25) is 0 Å². The number of aryl methyl sites for hydroxylation is 1. The molecule has 1 aliphatic heterocycles. The first-order valence-corrected chi connectivity index (χ1v) is 9.82. The van der Waals surface area contributed by atoms with E-state index in [1.165, 1.54) is 22.3 Å². The molecule has 3 heteroatoms. The highest BCUT2D eigenvalue weighted by molar-refractivity contribution is 5.50. The van der Waals surface area contributed by atoms with E-state index >= 15 is 0 Å². The number of fused-ring (bicyclic) bond motifs is 1. The van der Waals surface area contributed by atoms with E-state index in [1.807, 2.05) is 24.3 Å². The third-order valence-electron chi connectivity index (χ3n) is 5.22. The minimum absolute atomic E-state index is 0.559. The Morgan fingerprint density at radius 2 is 1.39 bits per heavy atom. The van der Waals surface area contributed by atoms with Crippen LogP contribution < -0.4 is 4.74 Å². The van der Waals surface area contributed by atoms with Gasteiger partial charge < -0.3 is 9.53 Å². The number of nitrogens with zero attached hydrogens (tertiary/aromatic N) is 1. The van der Waals surface area contributed by atoms with Crippen LogP contribution in [0.4, 0.5) is 0 Å². The zero-order valence-electron chi connectivity index (χ0n) is 16.0. The van der Waals surface area contributed by atoms with Crippen LogP contribution in [0.3, 0.4) is 0 Å². The third kappa shape index (κ3) is 4.68. The summed E-state index contributed by atoms with van der Waals surface area (Å²) in [6, 6.07) is 25.4. The van der Waals surface area contributed by atoms with Gasteiger partial charge in [-0.2, -0.15) is 0 Å². The van der Waals surface area contributed by atoms with Gasteiger partial charge in [0.1, 0.15) is 18.6 Å². The van der Waals surface area contributed by atoms with Gasteiger partial charge in [0.15, 0.2) is 0 Å². The van der Waals surface area contributed by atoms with Crippen molar-refractivity contribution < 1.29 is 9.53 Å².